The van der Waals surface area contributed by atoms with E-state index >= 15 is 0 Å². The van der Waals surface area contributed by atoms with E-state index < -0.39 is 0 Å². The second kappa shape index (κ2) is 22.2. The van der Waals surface area contributed by atoms with Crippen molar-refractivity contribution in [3.63, 3.8) is 0 Å². The summed E-state index contributed by atoms with van der Waals surface area (Å²) in [4.78, 5) is 21.2. The number of rotatable bonds is 11. The number of aromatic nitrogens is 7. The number of fused-ring (bicyclic) bond motifs is 9. The highest BCUT2D eigenvalue weighted by molar-refractivity contribution is 6.14. The highest BCUT2D eigenvalue weighted by Crippen LogP contribution is 2.50. The van der Waals surface area contributed by atoms with Crippen molar-refractivity contribution in [3.05, 3.63) is 334 Å². The highest BCUT2D eigenvalue weighted by atomic mass is 15.0. The molecule has 0 aliphatic rings. The average molecular weight is 1190 g/mol. The van der Waals surface area contributed by atoms with Gasteiger partial charge in [0.05, 0.1) is 44.5 Å². The summed E-state index contributed by atoms with van der Waals surface area (Å²) >= 11 is 0. The van der Waals surface area contributed by atoms with Crippen LogP contribution in [0.3, 0.4) is 0 Å². The lowest BCUT2D eigenvalue weighted by molar-refractivity contribution is 1.07. The molecule has 7 heteroatoms. The third kappa shape index (κ3) is 9.04. The number of pyridine rings is 1. The first kappa shape index (κ1) is 53.4. The van der Waals surface area contributed by atoms with Gasteiger partial charge < -0.3 is 13.7 Å². The van der Waals surface area contributed by atoms with Crippen molar-refractivity contribution in [2.75, 3.05) is 0 Å². The van der Waals surface area contributed by atoms with Crippen molar-refractivity contribution in [1.29, 1.82) is 0 Å². The molecule has 93 heavy (non-hydrogen) atoms. The Morgan fingerprint density at radius 3 is 0.817 bits per heavy atom. The van der Waals surface area contributed by atoms with Crippen LogP contribution in [-0.4, -0.2) is 33.6 Å². The van der Waals surface area contributed by atoms with Crippen molar-refractivity contribution >= 4 is 65.4 Å². The minimum absolute atomic E-state index is 0.592. The Balaban J connectivity index is 0.856. The third-order valence-corrected chi connectivity index (χ3v) is 18.3. The summed E-state index contributed by atoms with van der Waals surface area (Å²) in [5.74, 6) is 1.82. The molecule has 5 heterocycles. The van der Waals surface area contributed by atoms with Crippen molar-refractivity contribution < 1.29 is 0 Å². The predicted octanol–water partition coefficient (Wildman–Crippen LogP) is 21.9. The van der Waals surface area contributed by atoms with Crippen LogP contribution in [0.1, 0.15) is 0 Å². The molecule has 434 valence electrons. The molecule has 0 N–H and O–H groups in total. The Bertz CT molecular complexity index is 5540. The molecule has 18 aromatic rings. The molecule has 18 rings (SSSR count). The summed E-state index contributed by atoms with van der Waals surface area (Å²) < 4.78 is 7.29. The average Bonchev–Trinajstić information content (AvgIpc) is 1.70. The van der Waals surface area contributed by atoms with E-state index in [0.29, 0.717) is 17.5 Å². The summed E-state index contributed by atoms with van der Waals surface area (Å²) in [5, 5.41) is 7.24. The smallest absolute Gasteiger partial charge is 0.164 e. The molecule has 5 aromatic heterocycles. The van der Waals surface area contributed by atoms with E-state index in [0.717, 1.165) is 111 Å². The quantitative estimate of drug-likeness (QED) is 0.129. The van der Waals surface area contributed by atoms with Crippen LogP contribution in [0, 0.1) is 0 Å². The molecule has 0 saturated heterocycles. The Kier molecular flexibility index (Phi) is 12.7. The third-order valence-electron chi connectivity index (χ3n) is 18.3. The van der Waals surface area contributed by atoms with E-state index in [4.69, 9.17) is 19.9 Å². The van der Waals surface area contributed by atoms with E-state index in [1.807, 2.05) is 60.7 Å². The molecule has 0 radical (unpaired) electrons. The number of para-hydroxylation sites is 4. The summed E-state index contributed by atoms with van der Waals surface area (Å²) in [5.41, 5.74) is 22.9. The van der Waals surface area contributed by atoms with Gasteiger partial charge in [0, 0.05) is 93.9 Å². The summed E-state index contributed by atoms with van der Waals surface area (Å²) in [6, 6.07) is 119. The lowest BCUT2D eigenvalue weighted by Gasteiger charge is -2.23. The Morgan fingerprint density at radius 2 is 0.430 bits per heavy atom. The van der Waals surface area contributed by atoms with Gasteiger partial charge in [0.25, 0.3) is 0 Å². The number of benzene rings is 13. The van der Waals surface area contributed by atoms with Crippen LogP contribution in [0.15, 0.2) is 334 Å². The van der Waals surface area contributed by atoms with Crippen LogP contribution in [-0.2, 0) is 0 Å². The largest absolute Gasteiger partial charge is 0.309 e. The molecule has 0 spiro atoms. The zero-order chi connectivity index (χ0) is 61.3. The second-order valence-electron chi connectivity index (χ2n) is 23.7. The number of hydrogen-bond acceptors (Lipinski definition) is 4. The van der Waals surface area contributed by atoms with Crippen molar-refractivity contribution in [1.82, 2.24) is 33.6 Å². The van der Waals surface area contributed by atoms with Crippen LogP contribution in [0.25, 0.3) is 173 Å². The molecule has 0 unspecified atom stereocenters. The first-order valence-corrected chi connectivity index (χ1v) is 31.5. The van der Waals surface area contributed by atoms with E-state index in [-0.39, 0.29) is 0 Å². The molecule has 0 fully saturated rings. The number of nitrogens with zero attached hydrogens (tertiary/aromatic N) is 7. The first-order valence-electron chi connectivity index (χ1n) is 31.5. The van der Waals surface area contributed by atoms with E-state index in [2.05, 4.69) is 287 Å². The van der Waals surface area contributed by atoms with Crippen molar-refractivity contribution in [3.8, 4) is 107 Å². The van der Waals surface area contributed by atoms with Gasteiger partial charge in [0.1, 0.15) is 0 Å². The van der Waals surface area contributed by atoms with Crippen LogP contribution in [0.4, 0.5) is 0 Å². The summed E-state index contributed by atoms with van der Waals surface area (Å²) in [6.45, 7) is 0. The monoisotopic (exact) mass is 1190 g/mol. The van der Waals surface area contributed by atoms with Crippen molar-refractivity contribution in [2.24, 2.45) is 0 Å². The summed E-state index contributed by atoms with van der Waals surface area (Å²) in [6.07, 6.45) is 0. The highest BCUT2D eigenvalue weighted by Gasteiger charge is 2.27. The minimum Gasteiger partial charge on any atom is -0.309 e. The van der Waals surface area contributed by atoms with Gasteiger partial charge in [-0.1, -0.05) is 261 Å². The first-order chi connectivity index (χ1) is 46.1. The Labute approximate surface area is 536 Å². The lowest BCUT2D eigenvalue weighted by atomic mass is 9.83. The molecule has 0 saturated carbocycles. The molecular formula is C86H55N7. The topological polar surface area (TPSA) is 66.3 Å². The van der Waals surface area contributed by atoms with Gasteiger partial charge in [-0.25, -0.2) is 19.9 Å². The molecule has 13 aromatic carbocycles. The lowest BCUT2D eigenvalue weighted by Crippen LogP contribution is -2.02. The van der Waals surface area contributed by atoms with E-state index in [1.54, 1.807) is 0 Å². The standard InChI is InChI=1S/C86H55N7/c1-6-24-56(25-7-1)80-79(57-42-44-63(45-43-57)86-89-84(61-30-12-4-13-31-61)88-85(90-86)62-32-14-5-15-33-62)81(83(60-28-10-3-11-29-60)87-82(80)59-26-8-2-9-27-59)58-46-48-64(49-47-58)91-77-52-50-65(92-73-38-20-16-34-67(73)68-35-17-21-39-74(68)92)54-71(77)72-55-66(51-53-78(72)91)93-75-40-22-18-36-69(75)70-37-19-23-41-76(70)93/h1-55H. The minimum atomic E-state index is 0.592. The maximum absolute atomic E-state index is 5.85. The molecule has 0 amide bonds. The fourth-order valence-corrected chi connectivity index (χ4v) is 14.1. The zero-order valence-corrected chi connectivity index (χ0v) is 50.4. The van der Waals surface area contributed by atoms with Gasteiger partial charge in [0.2, 0.25) is 0 Å². The van der Waals surface area contributed by atoms with Crippen LogP contribution >= 0.6 is 0 Å². The SMILES string of the molecule is c1ccc(-c2nc(-c3ccccc3)nc(-c3ccc(-c4c(-c5ccccc5)c(-c5ccccc5)nc(-c5ccccc5)c4-c4ccc(-n5c6ccc(-n7c8ccccc8c8ccccc87)cc6c6cc(-n7c8ccccc8c8ccccc87)ccc65)cc4)cc3)n2)cc1. The Morgan fingerprint density at radius 1 is 0.172 bits per heavy atom. The normalized spacial score (nSPS) is 11.7. The zero-order valence-electron chi connectivity index (χ0n) is 50.4. The van der Waals surface area contributed by atoms with Gasteiger partial charge >= 0.3 is 0 Å². The van der Waals surface area contributed by atoms with Gasteiger partial charge in [-0.2, -0.15) is 0 Å². The van der Waals surface area contributed by atoms with Crippen LogP contribution in [0.2, 0.25) is 0 Å². The fraction of sp³-hybridized carbons (Fsp3) is 0. The number of hydrogen-bond donors (Lipinski definition) is 0. The fourth-order valence-electron chi connectivity index (χ4n) is 14.1. The molecule has 0 bridgehead atoms. The molecule has 0 atom stereocenters. The van der Waals surface area contributed by atoms with Gasteiger partial charge in [0.15, 0.2) is 17.5 Å². The maximum atomic E-state index is 5.85. The van der Waals surface area contributed by atoms with Crippen LogP contribution in [0.5, 0.6) is 0 Å². The Hall–Kier alpha value is -12.6. The molecule has 0 aliphatic heterocycles. The van der Waals surface area contributed by atoms with E-state index in [9.17, 15) is 0 Å². The van der Waals surface area contributed by atoms with Crippen molar-refractivity contribution in [2.45, 2.75) is 0 Å². The van der Waals surface area contributed by atoms with E-state index in [1.165, 1.54) is 43.6 Å². The van der Waals surface area contributed by atoms with Gasteiger partial charge in [-0.3, -0.25) is 0 Å². The maximum Gasteiger partial charge on any atom is 0.164 e. The van der Waals surface area contributed by atoms with Gasteiger partial charge in [-0.05, 0) is 89.5 Å². The molecule has 7 nitrogen and oxygen atoms in total. The summed E-state index contributed by atoms with van der Waals surface area (Å²) in [7, 11) is 0. The second-order valence-corrected chi connectivity index (χ2v) is 23.7. The van der Waals surface area contributed by atoms with Gasteiger partial charge in [-0.15, -0.1) is 0 Å². The molecule has 0 aliphatic carbocycles. The predicted molar refractivity (Wildman–Crippen MR) is 384 cm³/mol. The van der Waals surface area contributed by atoms with Crippen LogP contribution < -0.4 is 0 Å². The molecular weight excluding hydrogens is 1130 g/mol.